The number of hydrogen-bond acceptors (Lipinski definition) is 6. The second kappa shape index (κ2) is 7.35. The molecule has 0 bridgehead atoms. The third kappa shape index (κ3) is 3.44. The van der Waals surface area contributed by atoms with Gasteiger partial charge in [-0.05, 0) is 19.1 Å². The summed E-state index contributed by atoms with van der Waals surface area (Å²) in [6.45, 7) is 1.99. The van der Waals surface area contributed by atoms with Gasteiger partial charge in [0.2, 0.25) is 17.0 Å². The molecule has 1 aliphatic rings. The van der Waals surface area contributed by atoms with Crippen LogP contribution in [0.5, 0.6) is 0 Å². The van der Waals surface area contributed by atoms with Crippen molar-refractivity contribution < 1.29 is 9.59 Å². The summed E-state index contributed by atoms with van der Waals surface area (Å²) in [5, 5.41) is 11.4. The molecule has 2 aromatic carbocycles. The van der Waals surface area contributed by atoms with Crippen LogP contribution in [0, 0.1) is 6.92 Å². The second-order valence-corrected chi connectivity index (χ2v) is 7.32. The van der Waals surface area contributed by atoms with Crippen molar-refractivity contribution in [2.75, 3.05) is 28.4 Å². The Balaban J connectivity index is 1.49. The highest BCUT2D eigenvalue weighted by Gasteiger charge is 2.27. The molecule has 2 heterocycles. The molecule has 1 aromatic heterocycles. The number of nitrogens with two attached hydrogens (primary N) is 1. The van der Waals surface area contributed by atoms with E-state index in [1.165, 1.54) is 21.3 Å². The van der Waals surface area contributed by atoms with Crippen LogP contribution in [-0.4, -0.2) is 39.0 Å². The lowest BCUT2D eigenvalue weighted by Crippen LogP contribution is -2.43. The maximum atomic E-state index is 12.7. The standard InChI is InChI=1S/C19H18N6O2S/c1-12-6-8-13(9-7-12)18-22-23-19(25(18)20)28-11-17(27)24-10-16(26)21-14-4-2-3-5-15(14)24/h2-9H,10-11,20H2,1H3,(H,21,26). The molecule has 3 N–H and O–H groups in total. The van der Waals surface area contributed by atoms with E-state index in [-0.39, 0.29) is 24.1 Å². The van der Waals surface area contributed by atoms with Gasteiger partial charge in [0.25, 0.3) is 0 Å². The third-order valence-corrected chi connectivity index (χ3v) is 5.30. The van der Waals surface area contributed by atoms with E-state index < -0.39 is 0 Å². The summed E-state index contributed by atoms with van der Waals surface area (Å²) in [7, 11) is 0. The Morgan fingerprint density at radius 2 is 1.93 bits per heavy atom. The van der Waals surface area contributed by atoms with Crippen molar-refractivity contribution in [1.82, 2.24) is 14.9 Å². The maximum absolute atomic E-state index is 12.7. The Labute approximate surface area is 165 Å². The number of benzene rings is 2. The molecule has 0 unspecified atom stereocenters. The first-order valence-corrected chi connectivity index (χ1v) is 9.61. The van der Waals surface area contributed by atoms with E-state index in [1.54, 1.807) is 12.1 Å². The number of para-hydroxylation sites is 2. The molecule has 9 heteroatoms. The summed E-state index contributed by atoms with van der Waals surface area (Å²) in [4.78, 5) is 26.1. The smallest absolute Gasteiger partial charge is 0.244 e. The van der Waals surface area contributed by atoms with Gasteiger partial charge in [0.15, 0.2) is 5.82 Å². The van der Waals surface area contributed by atoms with Crippen LogP contribution >= 0.6 is 11.8 Å². The monoisotopic (exact) mass is 394 g/mol. The lowest BCUT2D eigenvalue weighted by atomic mass is 10.1. The number of nitrogen functional groups attached to an aromatic ring is 1. The molecule has 0 radical (unpaired) electrons. The van der Waals surface area contributed by atoms with Crippen LogP contribution < -0.4 is 16.1 Å². The van der Waals surface area contributed by atoms with Gasteiger partial charge in [-0.15, -0.1) is 10.2 Å². The largest absolute Gasteiger partial charge is 0.335 e. The summed E-state index contributed by atoms with van der Waals surface area (Å²) < 4.78 is 1.37. The highest BCUT2D eigenvalue weighted by molar-refractivity contribution is 7.99. The number of anilines is 2. The fraction of sp³-hybridized carbons (Fsp3) is 0.158. The zero-order valence-electron chi connectivity index (χ0n) is 15.1. The lowest BCUT2D eigenvalue weighted by molar-refractivity contribution is -0.120. The summed E-state index contributed by atoms with van der Waals surface area (Å²) in [5.74, 6) is 6.31. The summed E-state index contributed by atoms with van der Waals surface area (Å²) in [6.07, 6.45) is 0. The van der Waals surface area contributed by atoms with Crippen molar-refractivity contribution in [3.05, 3.63) is 54.1 Å². The molecule has 4 rings (SSSR count). The number of nitrogens with one attached hydrogen (secondary N) is 1. The van der Waals surface area contributed by atoms with Crippen molar-refractivity contribution in [2.24, 2.45) is 0 Å². The van der Waals surface area contributed by atoms with Crippen molar-refractivity contribution in [3.63, 3.8) is 0 Å². The fourth-order valence-electron chi connectivity index (χ4n) is 2.93. The Morgan fingerprint density at radius 3 is 2.71 bits per heavy atom. The molecule has 0 saturated heterocycles. The fourth-order valence-corrected chi connectivity index (χ4v) is 3.67. The zero-order chi connectivity index (χ0) is 19.7. The van der Waals surface area contributed by atoms with E-state index in [4.69, 9.17) is 5.84 Å². The highest BCUT2D eigenvalue weighted by atomic mass is 32.2. The molecule has 0 saturated carbocycles. The molecule has 0 spiro atoms. The van der Waals surface area contributed by atoms with Crippen LogP contribution in [0.3, 0.4) is 0 Å². The Kier molecular flexibility index (Phi) is 4.74. The number of thioether (sulfide) groups is 1. The van der Waals surface area contributed by atoms with Gasteiger partial charge in [0, 0.05) is 5.56 Å². The first-order chi connectivity index (χ1) is 13.5. The quantitative estimate of drug-likeness (QED) is 0.518. The van der Waals surface area contributed by atoms with Crippen LogP contribution in [0.1, 0.15) is 5.56 Å². The van der Waals surface area contributed by atoms with Crippen LogP contribution in [0.25, 0.3) is 11.4 Å². The van der Waals surface area contributed by atoms with Crippen molar-refractivity contribution in [3.8, 4) is 11.4 Å². The van der Waals surface area contributed by atoms with E-state index >= 15 is 0 Å². The average molecular weight is 394 g/mol. The third-order valence-electron chi connectivity index (χ3n) is 4.37. The van der Waals surface area contributed by atoms with Gasteiger partial charge in [-0.25, -0.2) is 4.68 Å². The summed E-state index contributed by atoms with van der Waals surface area (Å²) in [5.41, 5.74) is 3.29. The molecule has 1 aliphatic heterocycles. The predicted octanol–water partition coefficient (Wildman–Crippen LogP) is 2.04. The molecule has 142 valence electrons. The van der Waals surface area contributed by atoms with E-state index in [0.29, 0.717) is 22.4 Å². The zero-order valence-corrected chi connectivity index (χ0v) is 15.9. The topological polar surface area (TPSA) is 106 Å². The van der Waals surface area contributed by atoms with Gasteiger partial charge in [0.1, 0.15) is 6.54 Å². The molecule has 28 heavy (non-hydrogen) atoms. The van der Waals surface area contributed by atoms with Gasteiger partial charge < -0.3 is 16.1 Å². The molecule has 0 fully saturated rings. The van der Waals surface area contributed by atoms with Crippen molar-refractivity contribution in [2.45, 2.75) is 12.1 Å². The summed E-state index contributed by atoms with van der Waals surface area (Å²) >= 11 is 1.18. The first kappa shape index (κ1) is 18.1. The number of aromatic nitrogens is 3. The van der Waals surface area contributed by atoms with Crippen LogP contribution in [0.2, 0.25) is 0 Å². The van der Waals surface area contributed by atoms with Crippen LogP contribution in [0.4, 0.5) is 11.4 Å². The number of rotatable bonds is 4. The van der Waals surface area contributed by atoms with Gasteiger partial charge >= 0.3 is 0 Å². The predicted molar refractivity (Wildman–Crippen MR) is 108 cm³/mol. The summed E-state index contributed by atoms with van der Waals surface area (Å²) in [6, 6.07) is 15.0. The second-order valence-electron chi connectivity index (χ2n) is 6.38. The van der Waals surface area contributed by atoms with Gasteiger partial charge in [-0.3, -0.25) is 9.59 Å². The van der Waals surface area contributed by atoms with Gasteiger partial charge in [-0.1, -0.05) is 53.7 Å². The maximum Gasteiger partial charge on any atom is 0.244 e. The number of hydrogen-bond donors (Lipinski definition) is 2. The van der Waals surface area contributed by atoms with E-state index in [1.807, 2.05) is 43.3 Å². The Hall–Kier alpha value is -3.33. The van der Waals surface area contributed by atoms with Crippen LogP contribution in [0.15, 0.2) is 53.7 Å². The number of carbonyl (C=O) groups excluding carboxylic acids is 2. The molecule has 0 atom stereocenters. The number of nitrogens with zero attached hydrogens (tertiary/aromatic N) is 4. The minimum Gasteiger partial charge on any atom is -0.335 e. The van der Waals surface area contributed by atoms with Crippen LogP contribution in [-0.2, 0) is 9.59 Å². The van der Waals surface area contributed by atoms with Gasteiger partial charge in [-0.2, -0.15) is 0 Å². The first-order valence-electron chi connectivity index (χ1n) is 8.62. The number of carbonyl (C=O) groups is 2. The number of aryl methyl sites for hydroxylation is 1. The normalized spacial score (nSPS) is 13.2. The highest BCUT2D eigenvalue weighted by Crippen LogP contribution is 2.30. The average Bonchev–Trinajstić information content (AvgIpc) is 3.06. The molecule has 0 aliphatic carbocycles. The molecule has 3 aromatic rings. The minimum absolute atomic E-state index is 0.0136. The molecule has 8 nitrogen and oxygen atoms in total. The van der Waals surface area contributed by atoms with Crippen molar-refractivity contribution in [1.29, 1.82) is 0 Å². The van der Waals surface area contributed by atoms with Gasteiger partial charge in [0.05, 0.1) is 17.1 Å². The lowest BCUT2D eigenvalue weighted by Gasteiger charge is -2.28. The Morgan fingerprint density at radius 1 is 1.18 bits per heavy atom. The molecular weight excluding hydrogens is 376 g/mol. The number of amides is 2. The van der Waals surface area contributed by atoms with E-state index in [9.17, 15) is 9.59 Å². The molecule has 2 amide bonds. The Bertz CT molecular complexity index is 1050. The number of fused-ring (bicyclic) bond motifs is 1. The molecular formula is C19H18N6O2S. The van der Waals surface area contributed by atoms with E-state index in [0.717, 1.165) is 11.1 Å². The minimum atomic E-state index is -0.222. The van der Waals surface area contributed by atoms with E-state index in [2.05, 4.69) is 15.5 Å². The SMILES string of the molecule is Cc1ccc(-c2nnc(SCC(=O)N3CC(=O)Nc4ccccc43)n2N)cc1. The van der Waals surface area contributed by atoms with Crippen molar-refractivity contribution >= 4 is 35.0 Å².